The minimum absolute atomic E-state index is 0.00724. The van der Waals surface area contributed by atoms with Crippen molar-refractivity contribution in [2.75, 3.05) is 35.2 Å². The van der Waals surface area contributed by atoms with Crippen LogP contribution in [0.3, 0.4) is 0 Å². The van der Waals surface area contributed by atoms with Gasteiger partial charge in [-0.2, -0.15) is 10.2 Å². The van der Waals surface area contributed by atoms with Crippen LogP contribution >= 0.6 is 11.8 Å². The molecule has 4 aromatic carbocycles. The van der Waals surface area contributed by atoms with E-state index in [0.29, 0.717) is 19.4 Å². The number of nitrogens with two attached hydrogens (primary N) is 5. The van der Waals surface area contributed by atoms with Crippen molar-refractivity contribution in [2.45, 2.75) is 81.6 Å². The van der Waals surface area contributed by atoms with Crippen LogP contribution in [0, 0.1) is 0 Å². The van der Waals surface area contributed by atoms with Crippen molar-refractivity contribution in [3.8, 4) is 0 Å². The van der Waals surface area contributed by atoms with Gasteiger partial charge in [0.25, 0.3) is 11.8 Å². The number of hydrogen-bond donors (Lipinski definition) is 10. The number of thioether (sulfide) groups is 1. The number of carbonyl (C=O) groups excluding carboxylic acids is 6. The molecular weight excluding hydrogens is 1010 g/mol. The molecule has 0 saturated heterocycles. The van der Waals surface area contributed by atoms with E-state index in [0.717, 1.165) is 34.0 Å². The van der Waals surface area contributed by atoms with Gasteiger partial charge in [0, 0.05) is 56.2 Å². The van der Waals surface area contributed by atoms with Gasteiger partial charge in [0.05, 0.1) is 17.1 Å². The molecule has 23 heteroatoms. The van der Waals surface area contributed by atoms with Gasteiger partial charge in [-0.25, -0.2) is 0 Å². The number of nitrogens with one attached hydrogen (secondary N) is 5. The van der Waals surface area contributed by atoms with E-state index in [9.17, 15) is 28.8 Å². The molecule has 15 N–H and O–H groups in total. The maximum atomic E-state index is 14.7. The molecule has 0 spiro atoms. The van der Waals surface area contributed by atoms with E-state index in [-0.39, 0.29) is 103 Å². The minimum Gasteiger partial charge on any atom is -0.370 e. The van der Waals surface area contributed by atoms with Crippen LogP contribution < -0.4 is 55.3 Å². The summed E-state index contributed by atoms with van der Waals surface area (Å²) in [5.41, 5.74) is 32.0. The highest BCUT2D eigenvalue weighted by atomic mass is 32.2. The van der Waals surface area contributed by atoms with Crippen molar-refractivity contribution in [3.63, 3.8) is 0 Å². The highest BCUT2D eigenvalue weighted by Crippen LogP contribution is 2.31. The second-order valence-electron chi connectivity index (χ2n) is 18.6. The molecule has 7 rings (SSSR count). The number of hydrogen-bond acceptors (Lipinski definition) is 11. The van der Waals surface area contributed by atoms with Crippen LogP contribution in [-0.2, 0) is 32.3 Å². The lowest BCUT2D eigenvalue weighted by Gasteiger charge is -2.22. The summed E-state index contributed by atoms with van der Waals surface area (Å²) in [5.74, 6) is -5.47. The molecule has 78 heavy (non-hydrogen) atoms. The van der Waals surface area contributed by atoms with Crippen LogP contribution in [0.15, 0.2) is 144 Å². The first-order valence-corrected chi connectivity index (χ1v) is 26.7. The third-order valence-corrected chi connectivity index (χ3v) is 13.9. The Morgan fingerprint density at radius 3 is 1.36 bits per heavy atom. The van der Waals surface area contributed by atoms with Gasteiger partial charge >= 0.3 is 0 Å². The third-order valence-electron chi connectivity index (χ3n) is 12.9. The van der Waals surface area contributed by atoms with Crippen LogP contribution in [0.4, 0.5) is 11.4 Å². The zero-order valence-electron chi connectivity index (χ0n) is 43.0. The van der Waals surface area contributed by atoms with E-state index in [4.69, 9.17) is 28.7 Å². The molecular formula is C55H66N16O6S. The van der Waals surface area contributed by atoms with E-state index >= 15 is 0 Å². The predicted octanol–water partition coefficient (Wildman–Crippen LogP) is 3.12. The number of guanidine groups is 2. The van der Waals surface area contributed by atoms with Crippen LogP contribution in [-0.4, -0.2) is 110 Å². The number of amides is 6. The van der Waals surface area contributed by atoms with Crippen molar-refractivity contribution >= 4 is 70.5 Å². The standard InChI is InChI=1S/C55H66N16O6S/c56-49(73)45-33-78-34-46(72)63-43-31-70(29-25-39(35-15-5-1-6-16-35)36-17-7-2-8-18-36)68-47(43)52(76)64-41(23-13-27-61-54(57)58)50(74)66-44-32-71(30-26-40(37-19-9-3-10-20-37)38-21-11-4-12-22-38)69-48(44)53(77)65-42(51(75)67-45)24-14-28-62-55(59)60/h1-12,15-22,31-32,39-42,45H,13-14,23-30,33-34H2,(H2,56,73)(H,63,72)(H,64,76)(H,65,77)(H,66,74)(H,67,75)(H4,57,58,61)(H4,59,60,62)/t41-,42-,45?/m0/s1. The lowest BCUT2D eigenvalue weighted by atomic mass is 9.88. The highest BCUT2D eigenvalue weighted by Gasteiger charge is 2.32. The number of aryl methyl sites for hydroxylation is 2. The zero-order chi connectivity index (χ0) is 55.4. The van der Waals surface area contributed by atoms with Gasteiger partial charge in [-0.1, -0.05) is 121 Å². The fourth-order valence-electron chi connectivity index (χ4n) is 9.05. The maximum Gasteiger partial charge on any atom is 0.274 e. The smallest absolute Gasteiger partial charge is 0.274 e. The molecule has 0 bridgehead atoms. The van der Waals surface area contributed by atoms with E-state index in [1.807, 2.05) is 121 Å². The topological polar surface area (TPSA) is 353 Å². The number of aromatic nitrogens is 4. The lowest BCUT2D eigenvalue weighted by Crippen LogP contribution is -2.54. The summed E-state index contributed by atoms with van der Waals surface area (Å²) in [5, 5.41) is 23.2. The number of aliphatic imine (C=N–C) groups is 2. The molecule has 6 aromatic rings. The quantitative estimate of drug-likeness (QED) is 0.0317. The molecule has 1 aliphatic heterocycles. The molecule has 3 atom stereocenters. The zero-order valence-corrected chi connectivity index (χ0v) is 43.8. The average molecular weight is 1080 g/mol. The molecule has 1 aliphatic rings. The van der Waals surface area contributed by atoms with Gasteiger partial charge in [-0.15, -0.1) is 11.8 Å². The number of rotatable bonds is 19. The third kappa shape index (κ3) is 16.5. The molecule has 0 saturated carbocycles. The minimum atomic E-state index is -1.30. The highest BCUT2D eigenvalue weighted by molar-refractivity contribution is 8.00. The van der Waals surface area contributed by atoms with Crippen molar-refractivity contribution in [2.24, 2.45) is 38.7 Å². The number of carbonyl (C=O) groups is 6. The SMILES string of the molecule is NC(=O)C1CSCC(=O)Nc2cn(CCC(c3ccccc3)c3ccccc3)nc2C(=O)N[C@@H](CCCN=C(N)N)C(=O)Nc2cn(CCC(c3ccccc3)c3ccccc3)nc2C(=O)N[C@@H](CCCN=C(N)N)C(=O)N1. The van der Waals surface area contributed by atoms with Crippen molar-refractivity contribution in [1.82, 2.24) is 35.5 Å². The molecule has 0 radical (unpaired) electrons. The average Bonchev–Trinajstić information content (AvgIpc) is 4.04. The van der Waals surface area contributed by atoms with Gasteiger partial charge in [0.15, 0.2) is 23.3 Å². The molecule has 3 heterocycles. The van der Waals surface area contributed by atoms with Gasteiger partial charge in [-0.05, 0) is 60.8 Å². The Labute approximate surface area is 455 Å². The molecule has 1 unspecified atom stereocenters. The maximum absolute atomic E-state index is 14.7. The first-order chi connectivity index (χ1) is 37.7. The van der Waals surface area contributed by atoms with Gasteiger partial charge in [0.2, 0.25) is 23.6 Å². The lowest BCUT2D eigenvalue weighted by molar-refractivity contribution is -0.128. The van der Waals surface area contributed by atoms with Gasteiger partial charge < -0.3 is 55.3 Å². The van der Waals surface area contributed by atoms with E-state index < -0.39 is 53.6 Å². The Balaban J connectivity index is 1.25. The fourth-order valence-corrected chi connectivity index (χ4v) is 9.91. The summed E-state index contributed by atoms with van der Waals surface area (Å²) in [7, 11) is 0. The number of nitrogens with zero attached hydrogens (tertiary/aromatic N) is 6. The normalized spacial score (nSPS) is 16.6. The van der Waals surface area contributed by atoms with E-state index in [1.54, 1.807) is 10.9 Å². The molecule has 0 fully saturated rings. The summed E-state index contributed by atoms with van der Waals surface area (Å²) >= 11 is 0.996. The predicted molar refractivity (Wildman–Crippen MR) is 301 cm³/mol. The summed E-state index contributed by atoms with van der Waals surface area (Å²) in [6.07, 6.45) is 4.55. The monoisotopic (exact) mass is 1080 g/mol. The van der Waals surface area contributed by atoms with Gasteiger partial charge in [0.1, 0.15) is 18.1 Å². The first kappa shape index (κ1) is 56.7. The second kappa shape index (κ2) is 28.2. The Morgan fingerprint density at radius 2 is 0.962 bits per heavy atom. The largest absolute Gasteiger partial charge is 0.370 e. The Bertz CT molecular complexity index is 2960. The van der Waals surface area contributed by atoms with Crippen LogP contribution in [0.25, 0.3) is 0 Å². The van der Waals surface area contributed by atoms with Crippen molar-refractivity contribution in [3.05, 3.63) is 167 Å². The van der Waals surface area contributed by atoms with Crippen molar-refractivity contribution < 1.29 is 28.8 Å². The Morgan fingerprint density at radius 1 is 0.564 bits per heavy atom. The first-order valence-electron chi connectivity index (χ1n) is 25.6. The number of fused-ring (bicyclic) bond motifs is 2. The Kier molecular flexibility index (Phi) is 20.5. The number of anilines is 2. The molecule has 22 nitrogen and oxygen atoms in total. The van der Waals surface area contributed by atoms with E-state index in [2.05, 4.69) is 46.8 Å². The van der Waals surface area contributed by atoms with Crippen LogP contribution in [0.1, 0.15) is 93.6 Å². The van der Waals surface area contributed by atoms with Gasteiger partial charge in [-0.3, -0.25) is 48.1 Å². The molecule has 2 aromatic heterocycles. The second-order valence-corrected chi connectivity index (χ2v) is 19.6. The van der Waals surface area contributed by atoms with E-state index in [1.165, 1.54) is 10.9 Å². The summed E-state index contributed by atoms with van der Waals surface area (Å²) in [6, 6.07) is 35.9. The molecule has 6 amide bonds. The summed E-state index contributed by atoms with van der Waals surface area (Å²) in [6.45, 7) is 0.783. The van der Waals surface area contributed by atoms with Crippen molar-refractivity contribution in [1.29, 1.82) is 0 Å². The number of benzene rings is 4. The molecule has 0 aliphatic carbocycles. The summed E-state index contributed by atoms with van der Waals surface area (Å²) < 4.78 is 3.09. The summed E-state index contributed by atoms with van der Waals surface area (Å²) in [4.78, 5) is 92.7. The molecule has 408 valence electrons. The fraction of sp³-hybridized carbons (Fsp3) is 0.309. The van der Waals surface area contributed by atoms with Crippen LogP contribution in [0.5, 0.6) is 0 Å². The van der Waals surface area contributed by atoms with Crippen LogP contribution in [0.2, 0.25) is 0 Å². The Hall–Kier alpha value is -8.99. The number of primary amides is 1.